The fourth-order valence-corrected chi connectivity index (χ4v) is 1.77. The van der Waals surface area contributed by atoms with Gasteiger partial charge in [0.2, 0.25) is 0 Å². The lowest BCUT2D eigenvalue weighted by atomic mass is 10.2. The normalized spacial score (nSPS) is 11.1. The van der Waals surface area contributed by atoms with Crippen molar-refractivity contribution in [2.24, 2.45) is 0 Å². The highest BCUT2D eigenvalue weighted by molar-refractivity contribution is 9.11. The largest absolute Gasteiger partial charge is 0.489 e. The zero-order valence-corrected chi connectivity index (χ0v) is 13.9. The average molecular weight is 362 g/mol. The van der Waals surface area contributed by atoms with Crippen LogP contribution in [0.5, 0.6) is 0 Å². The molecule has 1 aromatic carbocycles. The first-order valence-electron chi connectivity index (χ1n) is 5.68. The molecule has 0 aliphatic rings. The predicted octanol–water partition coefficient (Wildman–Crippen LogP) is 6.27. The minimum atomic E-state index is 0.414. The molecule has 0 amide bonds. The minimum absolute atomic E-state index is 0.414. The molecule has 0 aliphatic heterocycles. The highest BCUT2D eigenvalue weighted by atomic mass is 79.9. The molecule has 102 valence electrons. The first-order chi connectivity index (χ1) is 8.93. The Kier molecular flexibility index (Phi) is 6.70. The molecule has 1 aromatic rings. The van der Waals surface area contributed by atoms with Crippen molar-refractivity contribution in [2.75, 3.05) is 0 Å². The van der Waals surface area contributed by atoms with E-state index in [0.717, 1.165) is 15.6 Å². The number of hydrogen-bond donors (Lipinski definition) is 0. The molecule has 1 nitrogen and oxygen atoms in total. The van der Waals surface area contributed by atoms with Gasteiger partial charge in [-0.15, -0.1) is 0 Å². The summed E-state index contributed by atoms with van der Waals surface area (Å²) in [7, 11) is 0. The molecule has 0 fully saturated rings. The Morgan fingerprint density at radius 2 is 2.00 bits per heavy atom. The highest BCUT2D eigenvalue weighted by Gasteiger charge is 2.01. The first kappa shape index (κ1) is 16.4. The summed E-state index contributed by atoms with van der Waals surface area (Å²) in [4.78, 5) is 0. The van der Waals surface area contributed by atoms with E-state index >= 15 is 0 Å². The molecule has 19 heavy (non-hydrogen) atoms. The van der Waals surface area contributed by atoms with Crippen molar-refractivity contribution >= 4 is 39.1 Å². The Labute approximate surface area is 132 Å². The molecule has 0 radical (unpaired) electrons. The number of benzene rings is 1. The zero-order valence-electron chi connectivity index (χ0n) is 10.8. The third kappa shape index (κ3) is 5.43. The van der Waals surface area contributed by atoms with Crippen LogP contribution in [0.2, 0.25) is 10.0 Å². The number of ether oxygens (including phenoxy) is 1. The molecular weight excluding hydrogens is 347 g/mol. The smallest absolute Gasteiger partial charge is 0.120 e. The zero-order chi connectivity index (χ0) is 14.4. The second-order valence-corrected chi connectivity index (χ2v) is 5.80. The van der Waals surface area contributed by atoms with Crippen LogP contribution < -0.4 is 0 Å². The van der Waals surface area contributed by atoms with Gasteiger partial charge in [0, 0.05) is 4.48 Å². The molecule has 0 aliphatic carbocycles. The van der Waals surface area contributed by atoms with Crippen molar-refractivity contribution in [3.63, 3.8) is 0 Å². The Morgan fingerprint density at radius 3 is 2.53 bits per heavy atom. The second-order valence-electron chi connectivity index (χ2n) is 4.14. The quantitative estimate of drug-likeness (QED) is 0.443. The number of rotatable bonds is 5. The molecule has 0 unspecified atom stereocenters. The van der Waals surface area contributed by atoms with Crippen molar-refractivity contribution in [3.05, 3.63) is 68.4 Å². The molecule has 0 atom stereocenters. The van der Waals surface area contributed by atoms with Crippen molar-refractivity contribution in [2.45, 2.75) is 20.5 Å². The van der Waals surface area contributed by atoms with E-state index in [1.54, 1.807) is 18.2 Å². The van der Waals surface area contributed by atoms with Crippen molar-refractivity contribution in [3.8, 4) is 0 Å². The Bertz CT molecular complexity index is 529. The maximum absolute atomic E-state index is 5.95. The lowest BCUT2D eigenvalue weighted by Gasteiger charge is -2.08. The lowest BCUT2D eigenvalue weighted by molar-refractivity contribution is 0.211. The maximum atomic E-state index is 5.95. The van der Waals surface area contributed by atoms with Crippen LogP contribution in [0.3, 0.4) is 0 Å². The second kappa shape index (κ2) is 7.78. The third-order valence-corrected chi connectivity index (χ3v) is 4.10. The van der Waals surface area contributed by atoms with Gasteiger partial charge in [-0.3, -0.25) is 0 Å². The van der Waals surface area contributed by atoms with E-state index in [2.05, 4.69) is 22.5 Å². The molecular formula is C15H15BrCl2O. The lowest BCUT2D eigenvalue weighted by Crippen LogP contribution is -1.92. The molecule has 0 heterocycles. The Morgan fingerprint density at radius 1 is 1.32 bits per heavy atom. The van der Waals surface area contributed by atoms with Crippen LogP contribution in [0.1, 0.15) is 19.4 Å². The summed E-state index contributed by atoms with van der Waals surface area (Å²) < 4.78 is 6.65. The van der Waals surface area contributed by atoms with Gasteiger partial charge in [-0.25, -0.2) is 0 Å². The van der Waals surface area contributed by atoms with E-state index in [1.807, 2.05) is 26.0 Å². The van der Waals surface area contributed by atoms with Gasteiger partial charge in [-0.2, -0.15) is 0 Å². The van der Waals surface area contributed by atoms with E-state index in [9.17, 15) is 0 Å². The summed E-state index contributed by atoms with van der Waals surface area (Å²) in [5.41, 5.74) is 2.12. The molecule has 0 spiro atoms. The van der Waals surface area contributed by atoms with Crippen LogP contribution >= 0.6 is 39.1 Å². The van der Waals surface area contributed by atoms with Gasteiger partial charge in [-0.05, 0) is 43.7 Å². The van der Waals surface area contributed by atoms with E-state index in [0.29, 0.717) is 22.4 Å². The predicted molar refractivity (Wildman–Crippen MR) is 86.8 cm³/mol. The van der Waals surface area contributed by atoms with Crippen molar-refractivity contribution < 1.29 is 4.74 Å². The Hall–Kier alpha value is -0.700. The van der Waals surface area contributed by atoms with Crippen LogP contribution in [0, 0.1) is 0 Å². The molecule has 0 aromatic heterocycles. The molecule has 1 rings (SSSR count). The molecule has 0 N–H and O–H groups in total. The van der Waals surface area contributed by atoms with E-state index in [4.69, 9.17) is 27.9 Å². The Balaban J connectivity index is 2.76. The van der Waals surface area contributed by atoms with Gasteiger partial charge < -0.3 is 4.74 Å². The maximum Gasteiger partial charge on any atom is 0.120 e. The molecule has 4 heteroatoms. The van der Waals surface area contributed by atoms with Crippen molar-refractivity contribution in [1.29, 1.82) is 0 Å². The molecule has 0 saturated heterocycles. The highest BCUT2D eigenvalue weighted by Crippen LogP contribution is 2.23. The van der Waals surface area contributed by atoms with E-state index in [1.165, 1.54) is 0 Å². The van der Waals surface area contributed by atoms with Gasteiger partial charge in [0.05, 0.1) is 10.0 Å². The fourth-order valence-electron chi connectivity index (χ4n) is 1.22. The monoisotopic (exact) mass is 360 g/mol. The van der Waals surface area contributed by atoms with Gasteiger partial charge in [0.15, 0.2) is 0 Å². The van der Waals surface area contributed by atoms with Gasteiger partial charge >= 0.3 is 0 Å². The van der Waals surface area contributed by atoms with Gasteiger partial charge in [0.1, 0.15) is 12.4 Å². The summed E-state index contributed by atoms with van der Waals surface area (Å²) in [6.45, 7) is 8.18. The van der Waals surface area contributed by atoms with Crippen LogP contribution in [-0.2, 0) is 11.3 Å². The van der Waals surface area contributed by atoms with Crippen LogP contribution in [-0.4, -0.2) is 0 Å². The summed E-state index contributed by atoms with van der Waals surface area (Å²) >= 11 is 15.3. The van der Waals surface area contributed by atoms with Crippen molar-refractivity contribution in [1.82, 2.24) is 0 Å². The van der Waals surface area contributed by atoms with Crippen LogP contribution in [0.15, 0.2) is 52.7 Å². The van der Waals surface area contributed by atoms with Gasteiger partial charge in [0.25, 0.3) is 0 Å². The van der Waals surface area contributed by atoms with Crippen LogP contribution in [0.25, 0.3) is 0 Å². The minimum Gasteiger partial charge on any atom is -0.489 e. The van der Waals surface area contributed by atoms with E-state index in [-0.39, 0.29) is 0 Å². The molecule has 0 saturated carbocycles. The first-order valence-corrected chi connectivity index (χ1v) is 7.22. The summed E-state index contributed by atoms with van der Waals surface area (Å²) in [6.07, 6.45) is 3.56. The van der Waals surface area contributed by atoms with Gasteiger partial charge in [-0.1, -0.05) is 57.4 Å². The fraction of sp³-hybridized carbons (Fsp3) is 0.200. The average Bonchev–Trinajstić information content (AvgIpc) is 2.37. The SMILES string of the molecule is C=C/C(=C\C(Br)=C(C)C)OCc1ccc(Cl)c(Cl)c1. The van der Waals surface area contributed by atoms with E-state index < -0.39 is 0 Å². The number of hydrogen-bond acceptors (Lipinski definition) is 1. The summed E-state index contributed by atoms with van der Waals surface area (Å²) in [6, 6.07) is 5.43. The molecule has 0 bridgehead atoms. The summed E-state index contributed by atoms with van der Waals surface area (Å²) in [5, 5.41) is 1.06. The third-order valence-electron chi connectivity index (χ3n) is 2.34. The topological polar surface area (TPSA) is 9.23 Å². The van der Waals surface area contributed by atoms with Crippen LogP contribution in [0.4, 0.5) is 0 Å². The number of halogens is 3. The number of allylic oxidation sites excluding steroid dienone is 4. The standard InChI is InChI=1S/C15H15BrCl2O/c1-4-12(8-13(16)10(2)3)19-9-11-5-6-14(17)15(18)7-11/h4-8H,1,9H2,2-3H3/b12-8+. The summed E-state index contributed by atoms with van der Waals surface area (Å²) in [5.74, 6) is 0.694.